The smallest absolute Gasteiger partial charge is 0.311 e. The van der Waals surface area contributed by atoms with Crippen molar-refractivity contribution in [3.63, 3.8) is 0 Å². The number of benzene rings is 1. The van der Waals surface area contributed by atoms with Crippen LogP contribution in [0.4, 0.5) is 0 Å². The zero-order valence-corrected chi connectivity index (χ0v) is 14.7. The second-order valence-corrected chi connectivity index (χ2v) is 8.41. The van der Waals surface area contributed by atoms with Gasteiger partial charge in [-0.15, -0.1) is 0 Å². The maximum absolute atomic E-state index is 13.0. The van der Waals surface area contributed by atoms with Crippen molar-refractivity contribution in [2.24, 2.45) is 5.92 Å². The van der Waals surface area contributed by atoms with Crippen LogP contribution in [0.15, 0.2) is 30.3 Å². The molecule has 0 amide bonds. The molecule has 2 atom stereocenters. The molecule has 1 N–H and O–H groups in total. The van der Waals surface area contributed by atoms with Crippen molar-refractivity contribution in [2.75, 3.05) is 14.2 Å². The van der Waals surface area contributed by atoms with Gasteiger partial charge in [-0.3, -0.25) is 9.88 Å². The van der Waals surface area contributed by atoms with Crippen molar-refractivity contribution >= 4 is 7.60 Å². The highest BCUT2D eigenvalue weighted by atomic mass is 31.2. The van der Waals surface area contributed by atoms with Gasteiger partial charge in [0.25, 0.3) is 0 Å². The van der Waals surface area contributed by atoms with Crippen molar-refractivity contribution in [3.05, 3.63) is 35.9 Å². The molecule has 1 aliphatic carbocycles. The standard InChI is InChI=1S/C17H28NO3P/c1-14(15-10-6-4-7-11-15)18-17(22(19,20-2)21-3)16-12-8-5-9-13-16/h4,6-7,10-11,14,16-18H,5,8-9,12-13H2,1-3H3/t14-,17-/m1/s1. The van der Waals surface area contributed by atoms with Crippen molar-refractivity contribution in [3.8, 4) is 0 Å². The number of nitrogens with one attached hydrogen (secondary N) is 1. The third-order valence-electron chi connectivity index (χ3n) is 4.67. The number of rotatable bonds is 7. The zero-order chi connectivity index (χ0) is 16.0. The van der Waals surface area contributed by atoms with Gasteiger partial charge in [0.05, 0.1) is 0 Å². The van der Waals surface area contributed by atoms with E-state index in [9.17, 15) is 4.57 Å². The van der Waals surface area contributed by atoms with Crippen LogP contribution in [-0.2, 0) is 13.6 Å². The summed E-state index contributed by atoms with van der Waals surface area (Å²) in [6.07, 6.45) is 5.81. The molecule has 0 bridgehead atoms. The second-order valence-electron chi connectivity index (χ2n) is 6.05. The highest BCUT2D eigenvalue weighted by molar-refractivity contribution is 7.54. The Morgan fingerprint density at radius 1 is 1.09 bits per heavy atom. The maximum atomic E-state index is 13.0. The summed E-state index contributed by atoms with van der Waals surface area (Å²) in [5.74, 6) is 0.0867. The maximum Gasteiger partial charge on any atom is 0.347 e. The molecule has 0 saturated heterocycles. The summed E-state index contributed by atoms with van der Waals surface area (Å²) in [6.45, 7) is 2.10. The topological polar surface area (TPSA) is 47.6 Å². The average Bonchev–Trinajstić information content (AvgIpc) is 2.60. The molecule has 0 aromatic heterocycles. The van der Waals surface area contributed by atoms with Crippen LogP contribution in [0.1, 0.15) is 50.6 Å². The average molecular weight is 325 g/mol. The summed E-state index contributed by atoms with van der Waals surface area (Å²) in [4.78, 5) is 0. The Kier molecular flexibility index (Phi) is 6.64. The zero-order valence-electron chi connectivity index (χ0n) is 13.8. The van der Waals surface area contributed by atoms with Gasteiger partial charge < -0.3 is 9.05 Å². The number of hydrogen-bond acceptors (Lipinski definition) is 4. The van der Waals surface area contributed by atoms with Gasteiger partial charge in [0.15, 0.2) is 0 Å². The molecule has 4 nitrogen and oxygen atoms in total. The van der Waals surface area contributed by atoms with Crippen LogP contribution in [0.2, 0.25) is 0 Å². The molecule has 0 aliphatic heterocycles. The molecular weight excluding hydrogens is 297 g/mol. The third kappa shape index (κ3) is 4.20. The summed E-state index contributed by atoms with van der Waals surface area (Å²) >= 11 is 0. The van der Waals surface area contributed by atoms with Gasteiger partial charge in [-0.1, -0.05) is 49.6 Å². The Labute approximate surface area is 134 Å². The SMILES string of the molecule is COP(=O)(OC)[C@@H](N[C@H](C)c1ccccc1)C1CCCCC1. The van der Waals surface area contributed by atoms with Crippen LogP contribution < -0.4 is 5.32 Å². The molecule has 1 saturated carbocycles. The van der Waals surface area contributed by atoms with E-state index in [0.29, 0.717) is 5.92 Å². The van der Waals surface area contributed by atoms with E-state index in [1.807, 2.05) is 18.2 Å². The molecule has 124 valence electrons. The Balaban J connectivity index is 2.18. The van der Waals surface area contributed by atoms with Gasteiger partial charge in [-0.25, -0.2) is 0 Å². The van der Waals surface area contributed by atoms with E-state index in [0.717, 1.165) is 12.8 Å². The lowest BCUT2D eigenvalue weighted by atomic mass is 9.88. The van der Waals surface area contributed by atoms with Crippen molar-refractivity contribution in [1.29, 1.82) is 0 Å². The molecule has 0 heterocycles. The first kappa shape index (κ1) is 17.7. The van der Waals surface area contributed by atoms with Crippen LogP contribution in [0.25, 0.3) is 0 Å². The molecule has 0 radical (unpaired) electrons. The summed E-state index contributed by atoms with van der Waals surface area (Å²) in [5.41, 5.74) is 1.18. The van der Waals surface area contributed by atoms with Crippen LogP contribution in [0.3, 0.4) is 0 Å². The Hall–Kier alpha value is -0.670. The fourth-order valence-electron chi connectivity index (χ4n) is 3.33. The molecular formula is C17H28NO3P. The van der Waals surface area contributed by atoms with Gasteiger partial charge in [-0.2, -0.15) is 0 Å². The van der Waals surface area contributed by atoms with E-state index in [1.54, 1.807) is 0 Å². The minimum atomic E-state index is -3.15. The van der Waals surface area contributed by atoms with Crippen molar-refractivity contribution in [2.45, 2.75) is 50.9 Å². The van der Waals surface area contributed by atoms with Gasteiger partial charge in [0, 0.05) is 20.3 Å². The lowest BCUT2D eigenvalue weighted by molar-refractivity contribution is 0.218. The van der Waals surface area contributed by atoms with Crippen LogP contribution in [0.5, 0.6) is 0 Å². The van der Waals surface area contributed by atoms with E-state index in [-0.39, 0.29) is 11.8 Å². The summed E-state index contributed by atoms with van der Waals surface area (Å²) in [5, 5.41) is 3.53. The van der Waals surface area contributed by atoms with Crippen LogP contribution in [0, 0.1) is 5.92 Å². The predicted molar refractivity (Wildman–Crippen MR) is 90.0 cm³/mol. The van der Waals surface area contributed by atoms with Gasteiger partial charge in [0.1, 0.15) is 5.78 Å². The molecule has 1 aromatic carbocycles. The van der Waals surface area contributed by atoms with Gasteiger partial charge in [0.2, 0.25) is 0 Å². The Morgan fingerprint density at radius 2 is 1.68 bits per heavy atom. The molecule has 1 aliphatic rings. The first-order valence-electron chi connectivity index (χ1n) is 8.13. The summed E-state index contributed by atoms with van der Waals surface area (Å²) < 4.78 is 23.6. The highest BCUT2D eigenvalue weighted by Crippen LogP contribution is 2.55. The van der Waals surface area contributed by atoms with Crippen LogP contribution in [-0.4, -0.2) is 20.0 Å². The largest absolute Gasteiger partial charge is 0.347 e. The van der Waals surface area contributed by atoms with E-state index < -0.39 is 7.60 Å². The minimum absolute atomic E-state index is 0.103. The molecule has 2 rings (SSSR count). The minimum Gasteiger partial charge on any atom is -0.311 e. The first-order valence-corrected chi connectivity index (χ1v) is 9.74. The molecule has 5 heteroatoms. The normalized spacial score (nSPS) is 19.8. The van der Waals surface area contributed by atoms with E-state index in [4.69, 9.17) is 9.05 Å². The lowest BCUT2D eigenvalue weighted by Gasteiger charge is -2.36. The summed E-state index contributed by atoms with van der Waals surface area (Å²) in [6, 6.07) is 10.3. The van der Waals surface area contributed by atoms with E-state index in [1.165, 1.54) is 39.0 Å². The van der Waals surface area contributed by atoms with E-state index in [2.05, 4.69) is 24.4 Å². The highest BCUT2D eigenvalue weighted by Gasteiger charge is 2.41. The molecule has 1 fully saturated rings. The third-order valence-corrected chi connectivity index (χ3v) is 6.94. The fraction of sp³-hybridized carbons (Fsp3) is 0.647. The Bertz CT molecular complexity index is 480. The van der Waals surface area contributed by atoms with Crippen molar-refractivity contribution < 1.29 is 13.6 Å². The predicted octanol–water partition coefficient (Wildman–Crippen LogP) is 4.73. The van der Waals surface area contributed by atoms with Crippen molar-refractivity contribution in [1.82, 2.24) is 5.32 Å². The molecule has 1 aromatic rings. The van der Waals surface area contributed by atoms with Gasteiger partial charge >= 0.3 is 7.60 Å². The number of hydrogen-bond donors (Lipinski definition) is 1. The first-order chi connectivity index (χ1) is 10.6. The van der Waals surface area contributed by atoms with Crippen LogP contribution >= 0.6 is 7.60 Å². The molecule has 0 unspecified atom stereocenters. The lowest BCUT2D eigenvalue weighted by Crippen LogP contribution is -2.39. The van der Waals surface area contributed by atoms with E-state index >= 15 is 0 Å². The van der Waals surface area contributed by atoms with Gasteiger partial charge in [-0.05, 0) is 31.2 Å². The second kappa shape index (κ2) is 8.26. The molecule has 22 heavy (non-hydrogen) atoms. The molecule has 0 spiro atoms. The summed E-state index contributed by atoms with van der Waals surface area (Å²) in [7, 11) is -0.183. The Morgan fingerprint density at radius 3 is 2.23 bits per heavy atom. The fourth-order valence-corrected chi connectivity index (χ4v) is 5.16. The monoisotopic (exact) mass is 325 g/mol. The quantitative estimate of drug-likeness (QED) is 0.736.